The van der Waals surface area contributed by atoms with Gasteiger partial charge in [0.05, 0.1) is 18.3 Å². The quantitative estimate of drug-likeness (QED) is 0.527. The van der Waals surface area contributed by atoms with Gasteiger partial charge in [-0.15, -0.1) is 21.5 Å². The highest BCUT2D eigenvalue weighted by molar-refractivity contribution is 7.98. The van der Waals surface area contributed by atoms with Crippen molar-refractivity contribution < 1.29 is 13.9 Å². The van der Waals surface area contributed by atoms with E-state index in [0.717, 1.165) is 21.4 Å². The van der Waals surface area contributed by atoms with Gasteiger partial charge in [0.1, 0.15) is 0 Å². The van der Waals surface area contributed by atoms with Gasteiger partial charge < -0.3 is 13.7 Å². The lowest BCUT2D eigenvalue weighted by molar-refractivity contribution is 0.0564. The number of thioether (sulfide) groups is 1. The number of hydrogen-bond donors (Lipinski definition) is 0. The third kappa shape index (κ3) is 2.79. The smallest absolute Gasteiger partial charge is 0.374 e. The van der Waals surface area contributed by atoms with Crippen LogP contribution >= 0.6 is 23.1 Å². The summed E-state index contributed by atoms with van der Waals surface area (Å²) in [6, 6.07) is 5.75. The first-order chi connectivity index (χ1) is 10.7. The maximum Gasteiger partial charge on any atom is 0.374 e. The van der Waals surface area contributed by atoms with Gasteiger partial charge in [-0.1, -0.05) is 17.8 Å². The predicted octanol–water partition coefficient (Wildman–Crippen LogP) is 3.22. The number of thiophene rings is 1. The van der Waals surface area contributed by atoms with E-state index in [0.29, 0.717) is 5.75 Å². The molecule has 0 amide bonds. The summed E-state index contributed by atoms with van der Waals surface area (Å²) in [6.45, 7) is 0. The third-order valence-electron chi connectivity index (χ3n) is 3.05. The van der Waals surface area contributed by atoms with E-state index in [1.54, 1.807) is 17.4 Å². The Morgan fingerprint density at radius 2 is 2.32 bits per heavy atom. The summed E-state index contributed by atoms with van der Waals surface area (Å²) < 4.78 is 11.8. The third-order valence-corrected chi connectivity index (χ3v) is 4.99. The Kier molecular flexibility index (Phi) is 4.30. The molecule has 6 nitrogen and oxygen atoms in total. The minimum absolute atomic E-state index is 0.232. The molecule has 22 heavy (non-hydrogen) atoms. The fourth-order valence-electron chi connectivity index (χ4n) is 1.92. The Balaban J connectivity index is 1.75. The minimum atomic E-state index is -0.474. The largest absolute Gasteiger partial charge is 0.463 e. The van der Waals surface area contributed by atoms with Crippen molar-refractivity contribution in [2.75, 3.05) is 7.11 Å². The summed E-state index contributed by atoms with van der Waals surface area (Å²) in [6.07, 6.45) is 1.48. The van der Waals surface area contributed by atoms with E-state index in [-0.39, 0.29) is 5.76 Å². The van der Waals surface area contributed by atoms with Crippen LogP contribution in [-0.4, -0.2) is 27.8 Å². The summed E-state index contributed by atoms with van der Waals surface area (Å²) >= 11 is 3.11. The van der Waals surface area contributed by atoms with E-state index < -0.39 is 5.97 Å². The monoisotopic (exact) mass is 335 g/mol. The van der Waals surface area contributed by atoms with E-state index in [1.807, 2.05) is 29.1 Å². The van der Waals surface area contributed by atoms with Crippen molar-refractivity contribution in [3.05, 3.63) is 41.2 Å². The summed E-state index contributed by atoms with van der Waals surface area (Å²) in [7, 11) is 3.26. The Morgan fingerprint density at radius 1 is 1.45 bits per heavy atom. The molecule has 0 unspecified atom stereocenters. The van der Waals surface area contributed by atoms with Crippen molar-refractivity contribution in [1.82, 2.24) is 14.8 Å². The molecule has 0 saturated carbocycles. The first-order valence-electron chi connectivity index (χ1n) is 6.41. The number of methoxy groups -OCH3 is 1. The molecule has 114 valence electrons. The molecule has 0 aliphatic rings. The first kappa shape index (κ1) is 14.9. The second kappa shape index (κ2) is 6.37. The Labute approximate surface area is 135 Å². The van der Waals surface area contributed by atoms with Crippen LogP contribution in [0.25, 0.3) is 10.7 Å². The molecule has 0 bridgehead atoms. The highest BCUT2D eigenvalue weighted by Crippen LogP contribution is 2.28. The lowest BCUT2D eigenvalue weighted by Crippen LogP contribution is -2.02. The number of esters is 1. The Morgan fingerprint density at radius 3 is 3.05 bits per heavy atom. The van der Waals surface area contributed by atoms with Crippen LogP contribution in [0.3, 0.4) is 0 Å². The van der Waals surface area contributed by atoms with Crippen LogP contribution in [0.5, 0.6) is 0 Å². The van der Waals surface area contributed by atoms with Gasteiger partial charge in [0.25, 0.3) is 0 Å². The van der Waals surface area contributed by atoms with Crippen LogP contribution in [0.1, 0.15) is 16.1 Å². The topological polar surface area (TPSA) is 70.2 Å². The molecule has 0 aliphatic heterocycles. The van der Waals surface area contributed by atoms with Gasteiger partial charge in [-0.25, -0.2) is 4.79 Å². The molecule has 0 atom stereocenters. The number of aromatic nitrogens is 3. The fraction of sp³-hybridized carbons (Fsp3) is 0.214. The van der Waals surface area contributed by atoms with Crippen LogP contribution in [0.4, 0.5) is 0 Å². The molecule has 0 fully saturated rings. The molecule has 3 heterocycles. The van der Waals surface area contributed by atoms with E-state index in [1.165, 1.54) is 25.1 Å². The second-order valence-electron chi connectivity index (χ2n) is 4.40. The van der Waals surface area contributed by atoms with Crippen LogP contribution in [0.2, 0.25) is 0 Å². The van der Waals surface area contributed by atoms with Gasteiger partial charge in [-0.3, -0.25) is 0 Å². The van der Waals surface area contributed by atoms with Crippen molar-refractivity contribution in [3.8, 4) is 10.7 Å². The zero-order valence-corrected chi connectivity index (χ0v) is 13.6. The molecular weight excluding hydrogens is 322 g/mol. The first-order valence-corrected chi connectivity index (χ1v) is 8.28. The molecule has 0 spiro atoms. The van der Waals surface area contributed by atoms with Crippen molar-refractivity contribution in [1.29, 1.82) is 0 Å². The minimum Gasteiger partial charge on any atom is -0.463 e. The summed E-state index contributed by atoms with van der Waals surface area (Å²) in [4.78, 5) is 12.6. The SMILES string of the molecule is COC(=O)c1occc1CSc1nnc(-c2cccs2)n1C. The molecule has 3 rings (SSSR count). The summed E-state index contributed by atoms with van der Waals surface area (Å²) in [5.41, 5.74) is 0.775. The molecule has 0 N–H and O–H groups in total. The number of carbonyl (C=O) groups is 1. The van der Waals surface area contributed by atoms with Crippen LogP contribution in [0.15, 0.2) is 39.4 Å². The van der Waals surface area contributed by atoms with Gasteiger partial charge >= 0.3 is 5.97 Å². The lowest BCUT2D eigenvalue weighted by atomic mass is 10.3. The maximum atomic E-state index is 11.6. The number of carbonyl (C=O) groups excluding carboxylic acids is 1. The van der Waals surface area contributed by atoms with E-state index in [9.17, 15) is 4.79 Å². The van der Waals surface area contributed by atoms with E-state index in [2.05, 4.69) is 10.2 Å². The molecule has 3 aromatic rings. The molecule has 8 heteroatoms. The maximum absolute atomic E-state index is 11.6. The van der Waals surface area contributed by atoms with Crippen LogP contribution in [-0.2, 0) is 17.5 Å². The normalized spacial score (nSPS) is 10.8. The molecule has 0 aliphatic carbocycles. The molecule has 3 aromatic heterocycles. The number of rotatable bonds is 5. The number of ether oxygens (including phenoxy) is 1. The average Bonchev–Trinajstić information content (AvgIpc) is 3.25. The van der Waals surface area contributed by atoms with Crippen molar-refractivity contribution in [3.63, 3.8) is 0 Å². The van der Waals surface area contributed by atoms with Crippen molar-refractivity contribution in [2.24, 2.45) is 7.05 Å². The van der Waals surface area contributed by atoms with Gasteiger partial charge in [-0.05, 0) is 17.5 Å². The van der Waals surface area contributed by atoms with Crippen LogP contribution in [0, 0.1) is 0 Å². The second-order valence-corrected chi connectivity index (χ2v) is 6.29. The highest BCUT2D eigenvalue weighted by atomic mass is 32.2. The summed E-state index contributed by atoms with van der Waals surface area (Å²) in [5, 5.41) is 11.2. The van der Waals surface area contributed by atoms with E-state index >= 15 is 0 Å². The highest BCUT2D eigenvalue weighted by Gasteiger charge is 2.18. The zero-order chi connectivity index (χ0) is 15.5. The molecule has 0 radical (unpaired) electrons. The van der Waals surface area contributed by atoms with E-state index in [4.69, 9.17) is 9.15 Å². The number of furan rings is 1. The van der Waals surface area contributed by atoms with Gasteiger partial charge in [0.15, 0.2) is 11.0 Å². The molecular formula is C14H13N3O3S2. The number of nitrogens with zero attached hydrogens (tertiary/aromatic N) is 3. The Hall–Kier alpha value is -2.06. The standard InChI is InChI=1S/C14H13N3O3S2/c1-17-12(10-4-3-7-21-10)15-16-14(17)22-8-9-5-6-20-11(9)13(18)19-2/h3-7H,8H2,1-2H3. The fourth-order valence-corrected chi connectivity index (χ4v) is 3.56. The van der Waals surface area contributed by atoms with Crippen LogP contribution < -0.4 is 0 Å². The van der Waals surface area contributed by atoms with Gasteiger partial charge in [-0.2, -0.15) is 0 Å². The zero-order valence-electron chi connectivity index (χ0n) is 12.0. The van der Waals surface area contributed by atoms with Gasteiger partial charge in [0.2, 0.25) is 5.76 Å². The lowest BCUT2D eigenvalue weighted by Gasteiger charge is -2.03. The van der Waals surface area contributed by atoms with Crippen molar-refractivity contribution in [2.45, 2.75) is 10.9 Å². The molecule has 0 aromatic carbocycles. The average molecular weight is 335 g/mol. The predicted molar refractivity (Wildman–Crippen MR) is 83.9 cm³/mol. The summed E-state index contributed by atoms with van der Waals surface area (Å²) in [5.74, 6) is 1.14. The molecule has 0 saturated heterocycles. The van der Waals surface area contributed by atoms with Crippen molar-refractivity contribution >= 4 is 29.1 Å². The van der Waals surface area contributed by atoms with Gasteiger partial charge in [0, 0.05) is 18.4 Å². The Bertz CT molecular complexity index is 777. The number of hydrogen-bond acceptors (Lipinski definition) is 7.